The van der Waals surface area contributed by atoms with Crippen LogP contribution in [0.3, 0.4) is 0 Å². The van der Waals surface area contributed by atoms with E-state index < -0.39 is 25.6 Å². The lowest BCUT2D eigenvalue weighted by Gasteiger charge is -2.38. The van der Waals surface area contributed by atoms with Gasteiger partial charge in [-0.1, -0.05) is 59.7 Å². The molecule has 0 spiro atoms. The van der Waals surface area contributed by atoms with Crippen molar-refractivity contribution in [2.45, 2.75) is 35.8 Å². The van der Waals surface area contributed by atoms with Crippen LogP contribution in [0.5, 0.6) is 0 Å². The molecule has 1 atom stereocenters. The van der Waals surface area contributed by atoms with Crippen molar-refractivity contribution in [3.63, 3.8) is 0 Å². The minimum atomic E-state index is -4.15. The van der Waals surface area contributed by atoms with Gasteiger partial charge in [-0.25, -0.2) is 20.8 Å². The highest BCUT2D eigenvalue weighted by atomic mass is 32.2. The van der Waals surface area contributed by atoms with Gasteiger partial charge in [-0.15, -0.1) is 11.3 Å². The maximum atomic E-state index is 14.2. The van der Waals surface area contributed by atoms with Gasteiger partial charge in [0.2, 0.25) is 10.0 Å². The first kappa shape index (κ1) is 26.0. The first-order chi connectivity index (χ1) is 18.5. The summed E-state index contributed by atoms with van der Waals surface area (Å²) >= 11 is 1.30. The Morgan fingerprint density at radius 3 is 1.95 bits per heavy atom. The highest BCUT2D eigenvalue weighted by Gasteiger charge is 2.48. The molecule has 10 heteroatoms. The summed E-state index contributed by atoms with van der Waals surface area (Å²) < 4.78 is 58.5. The largest absolute Gasteiger partial charge is 0.378 e. The standard InChI is InChI=1S/C29H26N2O5S3/c1-20-9-13-22(14-10-20)38(33,34)30-18-26-28(29(32,19-30)27-8-5-17-37-27)24-6-3-4-7-25(24)31(26)39(35,36)23-15-11-21(2)12-16-23/h3-17,32H,18-19H2,1-2H3/t29-/m1/s1. The number of benzene rings is 3. The van der Waals surface area contributed by atoms with Crippen LogP contribution >= 0.6 is 11.3 Å². The number of aromatic nitrogens is 1. The molecular weight excluding hydrogens is 553 g/mol. The smallest absolute Gasteiger partial charge is 0.268 e. The van der Waals surface area contributed by atoms with E-state index in [0.29, 0.717) is 21.3 Å². The fraction of sp³-hybridized carbons (Fsp3) is 0.172. The number of aliphatic hydroxyl groups is 1. The zero-order chi connectivity index (χ0) is 27.6. The summed E-state index contributed by atoms with van der Waals surface area (Å²) in [5, 5.41) is 14.8. The Kier molecular flexibility index (Phi) is 6.09. The lowest BCUT2D eigenvalue weighted by Crippen LogP contribution is -2.48. The van der Waals surface area contributed by atoms with E-state index in [4.69, 9.17) is 0 Å². The Labute approximate surface area is 231 Å². The number of β-amino-alcohol motifs (C(OH)–C–C–N with tert-alkyl or cyclic N) is 1. The maximum Gasteiger partial charge on any atom is 0.268 e. The van der Waals surface area contributed by atoms with Crippen LogP contribution in [0, 0.1) is 13.8 Å². The predicted octanol–water partition coefficient (Wildman–Crippen LogP) is 5.00. The number of fused-ring (bicyclic) bond motifs is 3. The molecule has 6 rings (SSSR count). The van der Waals surface area contributed by atoms with Crippen molar-refractivity contribution >= 4 is 42.3 Å². The lowest BCUT2D eigenvalue weighted by molar-refractivity contribution is 0.0498. The summed E-state index contributed by atoms with van der Waals surface area (Å²) in [6.45, 7) is 3.26. The SMILES string of the molecule is Cc1ccc(S(=O)(=O)N2Cc3c(c4ccccc4n3S(=O)(=O)c3ccc(C)cc3)[C@](O)(c3cccs3)C2)cc1. The van der Waals surface area contributed by atoms with E-state index in [2.05, 4.69) is 0 Å². The third-order valence-corrected chi connectivity index (χ3v) is 11.8. The predicted molar refractivity (Wildman–Crippen MR) is 152 cm³/mol. The van der Waals surface area contributed by atoms with Crippen molar-refractivity contribution in [2.75, 3.05) is 6.54 Å². The molecule has 5 aromatic rings. The van der Waals surface area contributed by atoms with Gasteiger partial charge in [-0.05, 0) is 55.6 Å². The Balaban J connectivity index is 1.65. The number of nitrogens with zero attached hydrogens (tertiary/aromatic N) is 2. The Hall–Kier alpha value is -3.28. The molecule has 7 nitrogen and oxygen atoms in total. The van der Waals surface area contributed by atoms with E-state index in [-0.39, 0.29) is 28.6 Å². The molecule has 39 heavy (non-hydrogen) atoms. The molecule has 3 heterocycles. The van der Waals surface area contributed by atoms with Crippen LogP contribution in [-0.2, 0) is 32.2 Å². The molecule has 1 aliphatic heterocycles. The molecule has 0 aliphatic carbocycles. The van der Waals surface area contributed by atoms with Gasteiger partial charge in [0.25, 0.3) is 10.0 Å². The summed E-state index contributed by atoms with van der Waals surface area (Å²) in [6, 6.07) is 23.5. The monoisotopic (exact) mass is 578 g/mol. The van der Waals surface area contributed by atoms with Crippen LogP contribution in [0.1, 0.15) is 27.3 Å². The minimum absolute atomic E-state index is 0.0779. The number of sulfonamides is 1. The fourth-order valence-electron chi connectivity index (χ4n) is 5.26. The molecule has 1 N–H and O–H groups in total. The third kappa shape index (κ3) is 4.06. The van der Waals surface area contributed by atoms with E-state index >= 15 is 0 Å². The zero-order valence-corrected chi connectivity index (χ0v) is 23.7. The third-order valence-electron chi connectivity index (χ3n) is 7.22. The van der Waals surface area contributed by atoms with Gasteiger partial charge < -0.3 is 5.11 Å². The molecule has 0 amide bonds. The first-order valence-electron chi connectivity index (χ1n) is 12.3. The van der Waals surface area contributed by atoms with Crippen LogP contribution in [-0.4, -0.2) is 36.8 Å². The lowest BCUT2D eigenvalue weighted by atomic mass is 9.87. The van der Waals surface area contributed by atoms with Gasteiger partial charge in [-0.2, -0.15) is 4.31 Å². The van der Waals surface area contributed by atoms with Gasteiger partial charge in [0, 0.05) is 15.8 Å². The van der Waals surface area contributed by atoms with Gasteiger partial charge in [0.15, 0.2) is 0 Å². The zero-order valence-electron chi connectivity index (χ0n) is 21.3. The van der Waals surface area contributed by atoms with Crippen molar-refractivity contribution in [3.8, 4) is 0 Å². The van der Waals surface area contributed by atoms with E-state index in [1.54, 1.807) is 72.8 Å². The summed E-state index contributed by atoms with van der Waals surface area (Å²) in [6.07, 6.45) is 0. The van der Waals surface area contributed by atoms with Gasteiger partial charge in [-0.3, -0.25) is 0 Å². The second-order valence-corrected chi connectivity index (χ2v) is 14.5. The van der Waals surface area contributed by atoms with Crippen LogP contribution in [0.2, 0.25) is 0 Å². The number of aryl methyl sites for hydroxylation is 2. The van der Waals surface area contributed by atoms with Crippen LogP contribution < -0.4 is 0 Å². The van der Waals surface area contributed by atoms with Gasteiger partial charge in [0.05, 0.1) is 34.1 Å². The van der Waals surface area contributed by atoms with Crippen LogP contribution in [0.15, 0.2) is 100 Å². The number of para-hydroxylation sites is 1. The average molecular weight is 579 g/mol. The topological polar surface area (TPSA) is 96.7 Å². The molecule has 0 bridgehead atoms. The molecule has 0 radical (unpaired) electrons. The Morgan fingerprint density at radius 1 is 0.769 bits per heavy atom. The van der Waals surface area contributed by atoms with Gasteiger partial charge >= 0.3 is 0 Å². The highest BCUT2D eigenvalue weighted by molar-refractivity contribution is 7.90. The number of rotatable bonds is 5. The van der Waals surface area contributed by atoms with Gasteiger partial charge in [0.1, 0.15) is 5.60 Å². The summed E-state index contributed by atoms with van der Waals surface area (Å²) in [7, 11) is -8.23. The number of hydrogen-bond donors (Lipinski definition) is 1. The molecule has 1 aliphatic rings. The van der Waals surface area contributed by atoms with Crippen LogP contribution in [0.4, 0.5) is 0 Å². The van der Waals surface area contributed by atoms with E-state index in [1.165, 1.54) is 31.7 Å². The number of thiophene rings is 1. The average Bonchev–Trinajstić information content (AvgIpc) is 3.57. The second-order valence-electron chi connectivity index (χ2n) is 9.85. The molecule has 3 aromatic carbocycles. The Bertz CT molecular complexity index is 1910. The number of hydrogen-bond acceptors (Lipinski definition) is 6. The molecule has 0 saturated carbocycles. The summed E-state index contributed by atoms with van der Waals surface area (Å²) in [5.41, 5.74) is 1.06. The van der Waals surface area contributed by atoms with Crippen LogP contribution in [0.25, 0.3) is 10.9 Å². The second kappa shape index (κ2) is 9.14. The highest BCUT2D eigenvalue weighted by Crippen LogP contribution is 2.46. The molecule has 2 aromatic heterocycles. The fourth-order valence-corrected chi connectivity index (χ4v) is 9.06. The maximum absolute atomic E-state index is 14.2. The van der Waals surface area contributed by atoms with E-state index in [0.717, 1.165) is 11.1 Å². The minimum Gasteiger partial charge on any atom is -0.378 e. The van der Waals surface area contributed by atoms with E-state index in [1.807, 2.05) is 19.2 Å². The molecule has 200 valence electrons. The van der Waals surface area contributed by atoms with Crippen molar-refractivity contribution in [1.82, 2.24) is 8.28 Å². The summed E-state index contributed by atoms with van der Waals surface area (Å²) in [5.74, 6) is 0. The van der Waals surface area contributed by atoms with Crippen molar-refractivity contribution < 1.29 is 21.9 Å². The Morgan fingerprint density at radius 2 is 1.36 bits per heavy atom. The first-order valence-corrected chi connectivity index (χ1v) is 16.1. The normalized spacial score (nSPS) is 18.3. The quantitative estimate of drug-likeness (QED) is 0.317. The molecule has 0 saturated heterocycles. The summed E-state index contributed by atoms with van der Waals surface area (Å²) in [4.78, 5) is 0.687. The molecular formula is C29H26N2O5S3. The van der Waals surface area contributed by atoms with E-state index in [9.17, 15) is 21.9 Å². The molecule has 0 fully saturated rings. The van der Waals surface area contributed by atoms with Crippen molar-refractivity contribution in [3.05, 3.63) is 118 Å². The van der Waals surface area contributed by atoms with Crippen molar-refractivity contribution in [1.29, 1.82) is 0 Å². The molecule has 0 unspecified atom stereocenters. The van der Waals surface area contributed by atoms with Crippen molar-refractivity contribution in [2.24, 2.45) is 0 Å².